The van der Waals surface area contributed by atoms with Crippen LogP contribution in [-0.2, 0) is 11.4 Å². The molecule has 0 aromatic heterocycles. The quantitative estimate of drug-likeness (QED) is 0.269. The second-order valence-electron chi connectivity index (χ2n) is 4.49. The molecule has 0 bridgehead atoms. The molecule has 2 atom stereocenters. The van der Waals surface area contributed by atoms with E-state index in [0.717, 1.165) is 5.56 Å². The maximum Gasteiger partial charge on any atom is 0.241 e. The number of aliphatic hydroxyl groups excluding tert-OH is 2. The van der Waals surface area contributed by atoms with Crippen LogP contribution < -0.4 is 22.1 Å². The molecule has 1 amide bonds. The molecule has 1 aromatic carbocycles. The zero-order valence-corrected chi connectivity index (χ0v) is 11.2. The molecule has 1 rings (SSSR count). The van der Waals surface area contributed by atoms with Gasteiger partial charge in [-0.3, -0.25) is 15.8 Å². The lowest BCUT2D eigenvalue weighted by Gasteiger charge is -2.13. The van der Waals surface area contributed by atoms with Crippen molar-refractivity contribution in [2.24, 2.45) is 11.5 Å². The van der Waals surface area contributed by atoms with Gasteiger partial charge in [-0.2, -0.15) is 0 Å². The normalized spacial score (nSPS) is 13.8. The Morgan fingerprint density at radius 1 is 1.25 bits per heavy atom. The lowest BCUT2D eigenvalue weighted by Crippen LogP contribution is -2.39. The van der Waals surface area contributed by atoms with Crippen molar-refractivity contribution in [3.63, 3.8) is 0 Å². The molecule has 0 fully saturated rings. The molecular formula is C13H22N4O3. The van der Waals surface area contributed by atoms with Gasteiger partial charge in [-0.25, -0.2) is 0 Å². The molecule has 8 N–H and O–H groups in total. The van der Waals surface area contributed by atoms with E-state index in [1.807, 2.05) is 0 Å². The van der Waals surface area contributed by atoms with E-state index in [1.54, 1.807) is 24.3 Å². The lowest BCUT2D eigenvalue weighted by molar-refractivity contribution is -0.117. The fraction of sp³-hybridized carbons (Fsp3) is 0.462. The Bertz CT molecular complexity index is 409. The number of amides is 1. The van der Waals surface area contributed by atoms with Crippen LogP contribution in [0.5, 0.6) is 0 Å². The van der Waals surface area contributed by atoms with Crippen molar-refractivity contribution in [2.45, 2.75) is 31.8 Å². The van der Waals surface area contributed by atoms with E-state index in [4.69, 9.17) is 21.7 Å². The summed E-state index contributed by atoms with van der Waals surface area (Å²) >= 11 is 0. The first kappa shape index (κ1) is 16.5. The van der Waals surface area contributed by atoms with Crippen molar-refractivity contribution in [1.29, 1.82) is 0 Å². The van der Waals surface area contributed by atoms with Gasteiger partial charge in [0.2, 0.25) is 5.91 Å². The average Bonchev–Trinajstić information content (AvgIpc) is 2.44. The van der Waals surface area contributed by atoms with Gasteiger partial charge in [0.1, 0.15) is 0 Å². The van der Waals surface area contributed by atoms with Gasteiger partial charge in [0.05, 0.1) is 12.6 Å². The summed E-state index contributed by atoms with van der Waals surface area (Å²) in [6.07, 6.45) is 0.0668. The highest BCUT2D eigenvalue weighted by Gasteiger charge is 2.13. The van der Waals surface area contributed by atoms with Crippen LogP contribution in [0.1, 0.15) is 18.4 Å². The molecule has 0 aliphatic rings. The summed E-state index contributed by atoms with van der Waals surface area (Å²) in [7, 11) is 0. The summed E-state index contributed by atoms with van der Waals surface area (Å²) < 4.78 is 0. The Hall–Kier alpha value is -1.51. The highest BCUT2D eigenvalue weighted by Crippen LogP contribution is 2.10. The Morgan fingerprint density at radius 3 is 2.45 bits per heavy atom. The Morgan fingerprint density at radius 2 is 1.90 bits per heavy atom. The molecule has 0 aliphatic carbocycles. The van der Waals surface area contributed by atoms with Crippen LogP contribution in [0, 0.1) is 0 Å². The van der Waals surface area contributed by atoms with Gasteiger partial charge in [0, 0.05) is 5.69 Å². The number of anilines is 1. The van der Waals surface area contributed by atoms with Crippen molar-refractivity contribution < 1.29 is 15.0 Å². The number of aliphatic hydroxyl groups is 2. The third-order valence-electron chi connectivity index (χ3n) is 2.79. The van der Waals surface area contributed by atoms with Crippen molar-refractivity contribution in [3.05, 3.63) is 29.8 Å². The molecule has 20 heavy (non-hydrogen) atoms. The summed E-state index contributed by atoms with van der Waals surface area (Å²) in [5.74, 6) is -0.268. The van der Waals surface area contributed by atoms with Gasteiger partial charge in [0.25, 0.3) is 0 Å². The summed E-state index contributed by atoms with van der Waals surface area (Å²) in [6, 6.07) is 6.26. The maximum atomic E-state index is 11.8. The zero-order valence-electron chi connectivity index (χ0n) is 11.2. The second kappa shape index (κ2) is 8.62. The number of rotatable bonds is 8. The number of carbonyl (C=O) groups is 1. The second-order valence-corrected chi connectivity index (χ2v) is 4.49. The summed E-state index contributed by atoms with van der Waals surface area (Å²) in [5, 5.41) is 23.0. The van der Waals surface area contributed by atoms with Gasteiger partial charge in [-0.15, -0.1) is 0 Å². The van der Waals surface area contributed by atoms with Crippen molar-refractivity contribution in [3.8, 4) is 0 Å². The van der Waals surface area contributed by atoms with E-state index in [9.17, 15) is 4.79 Å². The van der Waals surface area contributed by atoms with Crippen LogP contribution in [0.25, 0.3) is 0 Å². The number of nitrogens with one attached hydrogen (secondary N) is 2. The molecule has 1 unspecified atom stereocenters. The van der Waals surface area contributed by atoms with E-state index >= 15 is 0 Å². The predicted octanol–water partition coefficient (Wildman–Crippen LogP) is -0.951. The van der Waals surface area contributed by atoms with Gasteiger partial charge >= 0.3 is 0 Å². The van der Waals surface area contributed by atoms with Crippen molar-refractivity contribution in [2.75, 3.05) is 11.9 Å². The smallest absolute Gasteiger partial charge is 0.241 e. The molecular weight excluding hydrogens is 260 g/mol. The van der Waals surface area contributed by atoms with E-state index in [1.165, 1.54) is 0 Å². The summed E-state index contributed by atoms with van der Waals surface area (Å²) in [6.45, 7) is 0.456. The van der Waals surface area contributed by atoms with E-state index in [0.29, 0.717) is 25.1 Å². The molecule has 7 nitrogen and oxygen atoms in total. The molecule has 0 radical (unpaired) electrons. The third kappa shape index (κ3) is 6.09. The number of hydrogen-bond acceptors (Lipinski definition) is 6. The number of hydrogen-bond donors (Lipinski definition) is 6. The first-order chi connectivity index (χ1) is 9.52. The van der Waals surface area contributed by atoms with Gasteiger partial charge in [-0.1, -0.05) is 12.1 Å². The maximum absolute atomic E-state index is 11.8. The fourth-order valence-corrected chi connectivity index (χ4v) is 1.63. The van der Waals surface area contributed by atoms with Crippen molar-refractivity contribution in [1.82, 2.24) is 5.32 Å². The number of carbonyl (C=O) groups excluding carboxylic acids is 1. The fourth-order valence-electron chi connectivity index (χ4n) is 1.63. The number of benzene rings is 1. The summed E-state index contributed by atoms with van der Waals surface area (Å²) in [4.78, 5) is 11.8. The highest BCUT2D eigenvalue weighted by atomic mass is 16.3. The van der Waals surface area contributed by atoms with Crippen LogP contribution in [-0.4, -0.2) is 35.1 Å². The molecule has 0 heterocycles. The SMILES string of the molecule is NC(O)NCCC[C@@H](N)C(=O)Nc1ccc(CO)cc1. The minimum Gasteiger partial charge on any atom is -0.392 e. The average molecular weight is 282 g/mol. The van der Waals surface area contributed by atoms with Crippen LogP contribution >= 0.6 is 0 Å². The lowest BCUT2D eigenvalue weighted by atomic mass is 10.1. The molecule has 0 aliphatic heterocycles. The van der Waals surface area contributed by atoms with Gasteiger partial charge in [0.15, 0.2) is 6.35 Å². The summed E-state index contributed by atoms with van der Waals surface area (Å²) in [5.41, 5.74) is 12.3. The van der Waals surface area contributed by atoms with Gasteiger partial charge < -0.3 is 21.3 Å². The zero-order chi connectivity index (χ0) is 15.0. The number of nitrogens with two attached hydrogens (primary N) is 2. The standard InChI is InChI=1S/C13H22N4O3/c14-11(2-1-7-16-13(15)20)12(19)17-10-5-3-9(8-18)4-6-10/h3-6,11,13,16,18,20H,1-2,7-8,14-15H2,(H,17,19)/t11-,13?/m1/s1. The Labute approximate surface area is 118 Å². The van der Waals surface area contributed by atoms with E-state index in [-0.39, 0.29) is 12.5 Å². The highest BCUT2D eigenvalue weighted by molar-refractivity contribution is 5.94. The predicted molar refractivity (Wildman–Crippen MR) is 76.4 cm³/mol. The topological polar surface area (TPSA) is 134 Å². The van der Waals surface area contributed by atoms with Crippen LogP contribution in [0.3, 0.4) is 0 Å². The Kier molecular flexibility index (Phi) is 7.13. The first-order valence-electron chi connectivity index (χ1n) is 6.46. The van der Waals surface area contributed by atoms with Gasteiger partial charge in [-0.05, 0) is 37.1 Å². The van der Waals surface area contributed by atoms with Crippen LogP contribution in [0.2, 0.25) is 0 Å². The molecule has 0 spiro atoms. The molecule has 0 saturated heterocycles. The Balaban J connectivity index is 2.33. The molecule has 0 saturated carbocycles. The molecule has 7 heteroatoms. The minimum atomic E-state index is -1.05. The minimum absolute atomic E-state index is 0.0340. The van der Waals surface area contributed by atoms with Crippen LogP contribution in [0.4, 0.5) is 5.69 Å². The monoisotopic (exact) mass is 282 g/mol. The molecule has 1 aromatic rings. The third-order valence-corrected chi connectivity index (χ3v) is 2.79. The van der Waals surface area contributed by atoms with E-state index in [2.05, 4.69) is 10.6 Å². The van der Waals surface area contributed by atoms with Crippen molar-refractivity contribution >= 4 is 11.6 Å². The molecule has 112 valence electrons. The van der Waals surface area contributed by atoms with Crippen LogP contribution in [0.15, 0.2) is 24.3 Å². The largest absolute Gasteiger partial charge is 0.392 e. The van der Waals surface area contributed by atoms with E-state index < -0.39 is 12.4 Å². The first-order valence-corrected chi connectivity index (χ1v) is 6.46.